The first-order chi connectivity index (χ1) is 18.2. The zero-order chi connectivity index (χ0) is 27.0. The second-order valence-corrected chi connectivity index (χ2v) is 12.0. The number of carboxylic acids is 1. The molecule has 1 amide bonds. The highest BCUT2D eigenvalue weighted by Crippen LogP contribution is 2.44. The molecule has 1 aromatic carbocycles. The van der Waals surface area contributed by atoms with Crippen molar-refractivity contribution in [1.29, 1.82) is 0 Å². The molecule has 2 aliphatic rings. The Morgan fingerprint density at radius 2 is 1.84 bits per heavy atom. The zero-order valence-electron chi connectivity index (χ0n) is 21.2. The van der Waals surface area contributed by atoms with Crippen molar-refractivity contribution in [2.75, 3.05) is 25.5 Å². The number of likely N-dealkylation sites (N-methyl/N-ethyl adjacent to an activating group) is 1. The van der Waals surface area contributed by atoms with Crippen LogP contribution in [0.15, 0.2) is 34.7 Å². The number of amides is 1. The monoisotopic (exact) mass is 557 g/mol. The number of hydrogen-bond donors (Lipinski definition) is 2. The minimum absolute atomic E-state index is 0.0708. The van der Waals surface area contributed by atoms with Gasteiger partial charge < -0.3 is 15.3 Å². The number of aromatic carboxylic acids is 1. The Kier molecular flexibility index (Phi) is 7.74. The molecule has 200 valence electrons. The maximum absolute atomic E-state index is 15.0. The van der Waals surface area contributed by atoms with Crippen molar-refractivity contribution < 1.29 is 23.5 Å². The van der Waals surface area contributed by atoms with Crippen molar-refractivity contribution in [3.05, 3.63) is 62.4 Å². The summed E-state index contributed by atoms with van der Waals surface area (Å²) in [6, 6.07) is 4.03. The van der Waals surface area contributed by atoms with Crippen molar-refractivity contribution >= 4 is 45.8 Å². The molecule has 1 aliphatic carbocycles. The Morgan fingerprint density at radius 3 is 2.47 bits per heavy atom. The number of aromatic nitrogens is 1. The number of halogens is 2. The Bertz CT molecular complexity index is 1370. The first kappa shape index (κ1) is 26.6. The number of benzene rings is 1. The van der Waals surface area contributed by atoms with Gasteiger partial charge in [0.25, 0.3) is 5.91 Å². The molecular formula is C28H29F2N3O3S2. The summed E-state index contributed by atoms with van der Waals surface area (Å²) >= 11 is 2.22. The van der Waals surface area contributed by atoms with Gasteiger partial charge in [-0.2, -0.15) is 0 Å². The van der Waals surface area contributed by atoms with E-state index in [1.807, 2.05) is 0 Å². The summed E-state index contributed by atoms with van der Waals surface area (Å²) in [5.74, 6) is -2.51. The topological polar surface area (TPSA) is 82.5 Å². The highest BCUT2D eigenvalue weighted by molar-refractivity contribution is 7.17. The molecule has 1 aliphatic heterocycles. The van der Waals surface area contributed by atoms with E-state index in [1.165, 1.54) is 27.8 Å². The molecule has 3 heterocycles. The molecule has 5 rings (SSSR count). The molecule has 0 saturated heterocycles. The van der Waals surface area contributed by atoms with Gasteiger partial charge in [-0.15, -0.1) is 22.7 Å². The summed E-state index contributed by atoms with van der Waals surface area (Å²) in [4.78, 5) is 31.3. The fourth-order valence-electron chi connectivity index (χ4n) is 5.47. The van der Waals surface area contributed by atoms with E-state index >= 15 is 0 Å². The van der Waals surface area contributed by atoms with Gasteiger partial charge in [0.15, 0.2) is 0 Å². The molecule has 6 nitrogen and oxygen atoms in total. The van der Waals surface area contributed by atoms with Gasteiger partial charge in [0.2, 0.25) is 0 Å². The second kappa shape index (κ2) is 11.0. The van der Waals surface area contributed by atoms with Gasteiger partial charge in [0, 0.05) is 28.9 Å². The number of anilines is 1. The van der Waals surface area contributed by atoms with Gasteiger partial charge in [-0.05, 0) is 73.1 Å². The van der Waals surface area contributed by atoms with Crippen LogP contribution in [0.1, 0.15) is 64.8 Å². The molecular weight excluding hydrogens is 528 g/mol. The van der Waals surface area contributed by atoms with E-state index in [4.69, 9.17) is 0 Å². The number of carboxylic acid groups (broad SMARTS) is 1. The van der Waals surface area contributed by atoms with Gasteiger partial charge in [-0.3, -0.25) is 4.79 Å². The molecule has 1 saturated carbocycles. The average molecular weight is 558 g/mol. The molecule has 0 spiro atoms. The molecule has 2 N–H and O–H groups in total. The van der Waals surface area contributed by atoms with Crippen LogP contribution in [0.4, 0.5) is 14.5 Å². The number of nitrogens with one attached hydrogen (secondary N) is 1. The lowest BCUT2D eigenvalue weighted by Gasteiger charge is -2.35. The molecule has 38 heavy (non-hydrogen) atoms. The first-order valence-electron chi connectivity index (χ1n) is 12.7. The van der Waals surface area contributed by atoms with Crippen LogP contribution in [-0.4, -0.2) is 47.0 Å². The summed E-state index contributed by atoms with van der Waals surface area (Å²) in [6.45, 7) is 3.90. The summed E-state index contributed by atoms with van der Waals surface area (Å²) in [5.41, 5.74) is 4.22. The van der Waals surface area contributed by atoms with E-state index in [0.29, 0.717) is 22.3 Å². The molecule has 2 aromatic heterocycles. The maximum atomic E-state index is 15.0. The SMILES string of the molecule is CC1CCC(C2=C(c3cc(-c4cc(F)c(NC(=O)c5cscn5)c(F)c4)sc3C(=O)O)CCN(C)C2)CC1. The number of carbonyl (C=O) groups is 2. The van der Waals surface area contributed by atoms with Crippen LogP contribution in [0.25, 0.3) is 16.0 Å². The second-order valence-electron chi connectivity index (χ2n) is 10.2. The van der Waals surface area contributed by atoms with Crippen molar-refractivity contribution in [3.63, 3.8) is 0 Å². The minimum atomic E-state index is -1.05. The number of thiazole rings is 1. The first-order valence-corrected chi connectivity index (χ1v) is 14.4. The van der Waals surface area contributed by atoms with Gasteiger partial charge in [0.1, 0.15) is 27.9 Å². The van der Waals surface area contributed by atoms with E-state index in [0.717, 1.165) is 74.2 Å². The number of nitrogens with zero attached hydrogens (tertiary/aromatic N) is 2. The average Bonchev–Trinajstić information content (AvgIpc) is 3.57. The fraction of sp³-hybridized carbons (Fsp3) is 0.393. The third-order valence-electron chi connectivity index (χ3n) is 7.56. The van der Waals surface area contributed by atoms with Crippen LogP contribution in [0.5, 0.6) is 0 Å². The van der Waals surface area contributed by atoms with Crippen LogP contribution in [-0.2, 0) is 0 Å². The van der Waals surface area contributed by atoms with Crippen LogP contribution in [0.2, 0.25) is 0 Å². The molecule has 0 radical (unpaired) electrons. The van der Waals surface area contributed by atoms with Crippen LogP contribution >= 0.6 is 22.7 Å². The lowest BCUT2D eigenvalue weighted by molar-refractivity contribution is 0.0701. The predicted molar refractivity (Wildman–Crippen MR) is 147 cm³/mol. The highest BCUT2D eigenvalue weighted by Gasteiger charge is 2.30. The molecule has 0 bridgehead atoms. The summed E-state index contributed by atoms with van der Waals surface area (Å²) in [7, 11) is 2.08. The molecule has 3 aromatic rings. The Labute approximate surface area is 228 Å². The number of carbonyl (C=O) groups excluding carboxylic acids is 1. The van der Waals surface area contributed by atoms with Crippen LogP contribution in [0, 0.1) is 23.5 Å². The number of hydrogen-bond acceptors (Lipinski definition) is 6. The highest BCUT2D eigenvalue weighted by atomic mass is 32.1. The third kappa shape index (κ3) is 5.43. The van der Waals surface area contributed by atoms with Crippen molar-refractivity contribution in [1.82, 2.24) is 9.88 Å². The van der Waals surface area contributed by atoms with E-state index in [-0.39, 0.29) is 16.1 Å². The van der Waals surface area contributed by atoms with E-state index in [1.54, 1.807) is 6.07 Å². The molecule has 0 atom stereocenters. The fourth-order valence-corrected chi connectivity index (χ4v) is 7.02. The zero-order valence-corrected chi connectivity index (χ0v) is 22.9. The Balaban J connectivity index is 1.51. The van der Waals surface area contributed by atoms with Crippen LogP contribution < -0.4 is 5.32 Å². The Morgan fingerprint density at radius 1 is 1.13 bits per heavy atom. The van der Waals surface area contributed by atoms with E-state index in [9.17, 15) is 23.5 Å². The molecule has 1 fully saturated rings. The summed E-state index contributed by atoms with van der Waals surface area (Å²) < 4.78 is 30.0. The van der Waals surface area contributed by atoms with Gasteiger partial charge >= 0.3 is 5.97 Å². The lowest BCUT2D eigenvalue weighted by atomic mass is 9.75. The predicted octanol–water partition coefficient (Wildman–Crippen LogP) is 7.02. The number of rotatable bonds is 6. The number of thiophene rings is 1. The van der Waals surface area contributed by atoms with Crippen molar-refractivity contribution in [3.8, 4) is 10.4 Å². The van der Waals surface area contributed by atoms with Crippen molar-refractivity contribution in [2.24, 2.45) is 11.8 Å². The largest absolute Gasteiger partial charge is 0.477 e. The quantitative estimate of drug-likeness (QED) is 0.341. The summed E-state index contributed by atoms with van der Waals surface area (Å²) in [6.07, 6.45) is 5.25. The van der Waals surface area contributed by atoms with E-state index < -0.39 is 29.2 Å². The standard InChI is InChI=1S/C28H29F2N3O3S2/c1-15-3-5-16(6-4-15)20-12-33(2)8-7-18(20)19-11-24(38-26(19)28(35)36)17-9-21(29)25(22(30)10-17)32-27(34)23-13-37-14-31-23/h9-11,13-16H,3-8,12H2,1-2H3,(H,32,34)(H,35,36). The Hall–Kier alpha value is -2.95. The normalized spacial score (nSPS) is 20.5. The third-order valence-corrected chi connectivity index (χ3v) is 9.32. The van der Waals surface area contributed by atoms with Gasteiger partial charge in [0.05, 0.1) is 5.51 Å². The van der Waals surface area contributed by atoms with E-state index in [2.05, 4.69) is 29.2 Å². The lowest BCUT2D eigenvalue weighted by Crippen LogP contribution is -2.31. The molecule has 10 heteroatoms. The maximum Gasteiger partial charge on any atom is 0.346 e. The molecule has 0 unspecified atom stereocenters. The smallest absolute Gasteiger partial charge is 0.346 e. The summed E-state index contributed by atoms with van der Waals surface area (Å²) in [5, 5.41) is 13.8. The minimum Gasteiger partial charge on any atom is -0.477 e. The van der Waals surface area contributed by atoms with Gasteiger partial charge in [-0.25, -0.2) is 18.6 Å². The van der Waals surface area contributed by atoms with Crippen molar-refractivity contribution in [2.45, 2.75) is 39.0 Å². The van der Waals surface area contributed by atoms with Gasteiger partial charge in [-0.1, -0.05) is 19.8 Å². The van der Waals surface area contributed by atoms with Crippen LogP contribution in [0.3, 0.4) is 0 Å².